The molecule has 1 amide bonds. The first kappa shape index (κ1) is 19.5. The molecule has 2 N–H and O–H groups in total. The monoisotopic (exact) mass is 388 g/mol. The number of aliphatic hydroxyl groups excluding tert-OH is 1. The molecule has 1 aliphatic heterocycles. The number of allylic oxidation sites excluding steroid dienone is 1. The quantitative estimate of drug-likeness (QED) is 0.723. The lowest BCUT2D eigenvalue weighted by Gasteiger charge is -2.36. The zero-order chi connectivity index (χ0) is 19.1. The van der Waals surface area contributed by atoms with Crippen molar-refractivity contribution in [2.24, 2.45) is 5.92 Å². The lowest BCUT2D eigenvalue weighted by Crippen LogP contribution is -2.37. The van der Waals surface area contributed by atoms with Crippen molar-refractivity contribution in [2.45, 2.75) is 32.0 Å². The van der Waals surface area contributed by atoms with E-state index in [2.05, 4.69) is 16.4 Å². The predicted molar refractivity (Wildman–Crippen MR) is 104 cm³/mol. The van der Waals surface area contributed by atoms with Gasteiger partial charge in [-0.25, -0.2) is 0 Å². The van der Waals surface area contributed by atoms with Gasteiger partial charge >= 0.3 is 0 Å². The van der Waals surface area contributed by atoms with Crippen molar-refractivity contribution in [3.8, 4) is 0 Å². The number of anilines is 1. The van der Waals surface area contributed by atoms with E-state index in [1.165, 1.54) is 0 Å². The molecule has 2 aromatic rings. The van der Waals surface area contributed by atoms with Crippen LogP contribution in [-0.4, -0.2) is 35.5 Å². The average molecular weight is 388 g/mol. The first-order chi connectivity index (χ1) is 13.2. The maximum atomic E-state index is 12.7. The van der Waals surface area contributed by atoms with E-state index < -0.39 is 6.29 Å². The molecule has 27 heavy (non-hydrogen) atoms. The Morgan fingerprint density at radius 2 is 2.30 bits per heavy atom. The third-order valence-corrected chi connectivity index (χ3v) is 5.40. The van der Waals surface area contributed by atoms with Crippen LogP contribution in [0.2, 0.25) is 0 Å². The summed E-state index contributed by atoms with van der Waals surface area (Å²) in [6, 6.07) is 7.59. The second-order valence-corrected chi connectivity index (χ2v) is 7.22. The van der Waals surface area contributed by atoms with Gasteiger partial charge in [-0.05, 0) is 49.4 Å². The smallest absolute Gasteiger partial charge is 0.290 e. The summed E-state index contributed by atoms with van der Waals surface area (Å²) in [7, 11) is 0. The van der Waals surface area contributed by atoms with Crippen molar-refractivity contribution in [3.05, 3.63) is 58.8 Å². The van der Waals surface area contributed by atoms with Crippen LogP contribution in [0.15, 0.2) is 53.9 Å². The fourth-order valence-corrected chi connectivity index (χ4v) is 4.08. The van der Waals surface area contributed by atoms with E-state index in [0.29, 0.717) is 18.7 Å². The van der Waals surface area contributed by atoms with Gasteiger partial charge in [-0.1, -0.05) is 6.07 Å². The number of hydrogen-bond donors (Lipinski definition) is 2. The first-order valence-electron chi connectivity index (χ1n) is 9.08. The molecule has 0 radical (unpaired) electrons. The van der Waals surface area contributed by atoms with Gasteiger partial charge in [-0.2, -0.15) is 0 Å². The summed E-state index contributed by atoms with van der Waals surface area (Å²) in [5, 5.41) is 14.1. The standard InChI is InChI=1S/C20H24N2O4S/c1-2-25-20-15(7-4-10-23)16(18-8-5-11-27-18)12-17(26-20)19(24)22-14-6-3-9-21-13-14/h3,5-6,8-9,11-13,15-16,20,23H,2,4,7,10H2,1H3,(H,22,24)/t15-,16-,20+/m0/s1. The summed E-state index contributed by atoms with van der Waals surface area (Å²) in [5.74, 6) is -0.0481. The number of carbonyl (C=O) groups is 1. The number of amides is 1. The van der Waals surface area contributed by atoms with Gasteiger partial charge in [-0.3, -0.25) is 9.78 Å². The Kier molecular flexibility index (Phi) is 6.98. The van der Waals surface area contributed by atoms with Gasteiger partial charge in [0.1, 0.15) is 0 Å². The lowest BCUT2D eigenvalue weighted by atomic mass is 9.84. The van der Waals surface area contributed by atoms with Gasteiger partial charge in [0.25, 0.3) is 5.91 Å². The lowest BCUT2D eigenvalue weighted by molar-refractivity contribution is -0.164. The minimum Gasteiger partial charge on any atom is -0.459 e. The van der Waals surface area contributed by atoms with Crippen LogP contribution in [0.5, 0.6) is 0 Å². The summed E-state index contributed by atoms with van der Waals surface area (Å²) in [6.07, 6.45) is 5.98. The van der Waals surface area contributed by atoms with Crippen LogP contribution in [0.4, 0.5) is 5.69 Å². The fourth-order valence-electron chi connectivity index (χ4n) is 3.20. The Bertz CT molecular complexity index is 749. The van der Waals surface area contributed by atoms with Gasteiger partial charge in [0.15, 0.2) is 5.76 Å². The van der Waals surface area contributed by atoms with Gasteiger partial charge in [0.2, 0.25) is 6.29 Å². The molecule has 0 aromatic carbocycles. The number of aromatic nitrogens is 1. The van der Waals surface area contributed by atoms with E-state index in [1.54, 1.807) is 35.9 Å². The summed E-state index contributed by atoms with van der Waals surface area (Å²) in [5.41, 5.74) is 0.607. The molecule has 7 heteroatoms. The normalized spacial score (nSPS) is 22.0. The van der Waals surface area contributed by atoms with Crippen LogP contribution < -0.4 is 5.32 Å². The Morgan fingerprint density at radius 3 is 2.96 bits per heavy atom. The summed E-state index contributed by atoms with van der Waals surface area (Å²) >= 11 is 1.64. The van der Waals surface area contributed by atoms with Crippen LogP contribution in [0, 0.1) is 5.92 Å². The number of rotatable bonds is 8. The van der Waals surface area contributed by atoms with Crippen molar-refractivity contribution in [2.75, 3.05) is 18.5 Å². The van der Waals surface area contributed by atoms with Crippen molar-refractivity contribution in [3.63, 3.8) is 0 Å². The van der Waals surface area contributed by atoms with Crippen LogP contribution in [-0.2, 0) is 14.3 Å². The second-order valence-electron chi connectivity index (χ2n) is 6.24. The molecule has 0 unspecified atom stereocenters. The van der Waals surface area contributed by atoms with Crippen molar-refractivity contribution >= 4 is 22.9 Å². The molecule has 0 saturated heterocycles. The Morgan fingerprint density at radius 1 is 1.41 bits per heavy atom. The molecule has 0 spiro atoms. The molecule has 2 aromatic heterocycles. The van der Waals surface area contributed by atoms with Crippen LogP contribution in [0.25, 0.3) is 0 Å². The van der Waals surface area contributed by atoms with Crippen molar-refractivity contribution < 1.29 is 19.4 Å². The highest BCUT2D eigenvalue weighted by Crippen LogP contribution is 2.41. The van der Waals surface area contributed by atoms with E-state index >= 15 is 0 Å². The molecule has 0 aliphatic carbocycles. The van der Waals surface area contributed by atoms with Gasteiger partial charge in [0, 0.05) is 36.1 Å². The molecule has 1 aliphatic rings. The minimum absolute atomic E-state index is 0.00324. The largest absolute Gasteiger partial charge is 0.459 e. The summed E-state index contributed by atoms with van der Waals surface area (Å²) in [6.45, 7) is 2.50. The van der Waals surface area contributed by atoms with Crippen LogP contribution in [0.1, 0.15) is 30.6 Å². The first-order valence-corrected chi connectivity index (χ1v) is 9.96. The zero-order valence-electron chi connectivity index (χ0n) is 15.2. The van der Waals surface area contributed by atoms with Crippen LogP contribution in [0.3, 0.4) is 0 Å². The minimum atomic E-state index is -0.534. The number of hydrogen-bond acceptors (Lipinski definition) is 6. The van der Waals surface area contributed by atoms with E-state index in [4.69, 9.17) is 9.47 Å². The maximum absolute atomic E-state index is 12.7. The molecular formula is C20H24N2O4S. The predicted octanol–water partition coefficient (Wildman–Crippen LogP) is 3.53. The van der Waals surface area contributed by atoms with Crippen molar-refractivity contribution in [1.82, 2.24) is 4.98 Å². The van der Waals surface area contributed by atoms with E-state index in [1.807, 2.05) is 24.4 Å². The third kappa shape index (κ3) is 4.94. The maximum Gasteiger partial charge on any atom is 0.290 e. The molecule has 6 nitrogen and oxygen atoms in total. The molecular weight excluding hydrogens is 364 g/mol. The highest BCUT2D eigenvalue weighted by molar-refractivity contribution is 7.10. The number of aliphatic hydroxyl groups is 1. The molecule has 0 bridgehead atoms. The highest BCUT2D eigenvalue weighted by atomic mass is 32.1. The number of nitrogens with one attached hydrogen (secondary N) is 1. The number of thiophene rings is 1. The highest BCUT2D eigenvalue weighted by Gasteiger charge is 2.38. The topological polar surface area (TPSA) is 80.7 Å². The van der Waals surface area contributed by atoms with Gasteiger partial charge in [0.05, 0.1) is 11.9 Å². The summed E-state index contributed by atoms with van der Waals surface area (Å²) < 4.78 is 11.7. The molecule has 3 atom stereocenters. The van der Waals surface area contributed by atoms with Gasteiger partial charge in [-0.15, -0.1) is 11.3 Å². The molecule has 0 saturated carbocycles. The van der Waals surface area contributed by atoms with E-state index in [9.17, 15) is 9.90 Å². The Balaban J connectivity index is 1.87. The molecule has 3 heterocycles. The van der Waals surface area contributed by atoms with E-state index in [0.717, 1.165) is 11.3 Å². The van der Waals surface area contributed by atoms with Crippen molar-refractivity contribution in [1.29, 1.82) is 0 Å². The molecule has 0 fully saturated rings. The van der Waals surface area contributed by atoms with Gasteiger partial charge < -0.3 is 19.9 Å². The average Bonchev–Trinajstić information content (AvgIpc) is 3.22. The third-order valence-electron chi connectivity index (χ3n) is 4.43. The number of pyridine rings is 1. The second kappa shape index (κ2) is 9.64. The van der Waals surface area contributed by atoms with Crippen LogP contribution >= 0.6 is 11.3 Å². The number of ether oxygens (including phenoxy) is 2. The molecule has 144 valence electrons. The Labute approximate surface area is 162 Å². The number of carbonyl (C=O) groups excluding carboxylic acids is 1. The fraction of sp³-hybridized carbons (Fsp3) is 0.400. The van der Waals surface area contributed by atoms with E-state index in [-0.39, 0.29) is 30.1 Å². The number of nitrogens with zero attached hydrogens (tertiary/aromatic N) is 1. The zero-order valence-corrected chi connectivity index (χ0v) is 16.0. The SMILES string of the molecule is CCO[C@@H]1OC(C(=O)Nc2cccnc2)=C[C@H](c2cccs2)[C@@H]1CCCO. The summed E-state index contributed by atoms with van der Waals surface area (Å²) in [4.78, 5) is 17.9. The Hall–Kier alpha value is -2.22. The molecule has 3 rings (SSSR count).